The summed E-state index contributed by atoms with van der Waals surface area (Å²) in [6, 6.07) is 5.17. The molecule has 0 atom stereocenters. The van der Waals surface area contributed by atoms with Crippen LogP contribution in [0.1, 0.15) is 25.0 Å². The van der Waals surface area contributed by atoms with Crippen molar-refractivity contribution in [3.63, 3.8) is 0 Å². The van der Waals surface area contributed by atoms with E-state index in [0.717, 1.165) is 23.2 Å². The fraction of sp³-hybridized carbons (Fsp3) is 0.400. The SMILES string of the molecule is Cc1ccc(-c2nn(C)c(N)c2CC(C)C)cc1[N+](=O)[O-]. The summed E-state index contributed by atoms with van der Waals surface area (Å²) in [4.78, 5) is 10.7. The normalized spacial score (nSPS) is 11.1. The third kappa shape index (κ3) is 2.89. The second-order valence-corrected chi connectivity index (χ2v) is 5.69. The van der Waals surface area contributed by atoms with Crippen molar-refractivity contribution in [2.45, 2.75) is 27.2 Å². The number of aromatic nitrogens is 2. The van der Waals surface area contributed by atoms with Crippen LogP contribution in [0.4, 0.5) is 11.5 Å². The molecule has 0 saturated carbocycles. The van der Waals surface area contributed by atoms with Gasteiger partial charge in [0.15, 0.2) is 0 Å². The molecule has 6 heteroatoms. The standard InChI is InChI=1S/C15H20N4O2/c1-9(2)7-12-14(17-18(4)15(12)16)11-6-5-10(3)13(8-11)19(20)21/h5-6,8-9H,7,16H2,1-4H3. The minimum atomic E-state index is -0.368. The van der Waals surface area contributed by atoms with E-state index in [9.17, 15) is 10.1 Å². The van der Waals surface area contributed by atoms with Crippen LogP contribution in [0.2, 0.25) is 0 Å². The number of nitro groups is 1. The second kappa shape index (κ2) is 5.55. The van der Waals surface area contributed by atoms with Crippen LogP contribution in [0.15, 0.2) is 18.2 Å². The van der Waals surface area contributed by atoms with E-state index in [1.165, 1.54) is 0 Å². The summed E-state index contributed by atoms with van der Waals surface area (Å²) in [5.41, 5.74) is 9.23. The zero-order valence-electron chi connectivity index (χ0n) is 12.8. The summed E-state index contributed by atoms with van der Waals surface area (Å²) in [6.07, 6.45) is 0.788. The number of nitrogens with two attached hydrogens (primary N) is 1. The lowest BCUT2D eigenvalue weighted by molar-refractivity contribution is -0.385. The molecule has 0 aliphatic carbocycles. The average molecular weight is 288 g/mol. The van der Waals surface area contributed by atoms with E-state index in [1.54, 1.807) is 30.8 Å². The molecule has 0 fully saturated rings. The minimum absolute atomic E-state index is 0.104. The van der Waals surface area contributed by atoms with E-state index in [-0.39, 0.29) is 10.6 Å². The van der Waals surface area contributed by atoms with E-state index < -0.39 is 0 Å². The van der Waals surface area contributed by atoms with Gasteiger partial charge >= 0.3 is 0 Å². The van der Waals surface area contributed by atoms with Gasteiger partial charge in [-0.25, -0.2) is 0 Å². The Morgan fingerprint density at radius 1 is 1.43 bits per heavy atom. The maximum absolute atomic E-state index is 11.1. The highest BCUT2D eigenvalue weighted by Gasteiger charge is 2.19. The van der Waals surface area contributed by atoms with E-state index in [4.69, 9.17) is 5.73 Å². The van der Waals surface area contributed by atoms with Gasteiger partial charge in [0, 0.05) is 29.8 Å². The molecule has 0 aliphatic heterocycles. The Kier molecular flexibility index (Phi) is 3.97. The molecule has 21 heavy (non-hydrogen) atoms. The van der Waals surface area contributed by atoms with Crippen LogP contribution in [-0.4, -0.2) is 14.7 Å². The Morgan fingerprint density at radius 3 is 2.67 bits per heavy atom. The van der Waals surface area contributed by atoms with Crippen LogP contribution >= 0.6 is 0 Å². The van der Waals surface area contributed by atoms with Crippen molar-refractivity contribution in [2.75, 3.05) is 5.73 Å². The van der Waals surface area contributed by atoms with E-state index in [1.807, 2.05) is 6.07 Å². The number of hydrogen-bond acceptors (Lipinski definition) is 4. The first-order valence-electron chi connectivity index (χ1n) is 6.88. The number of nitro benzene ring substituents is 1. The van der Waals surface area contributed by atoms with Crippen molar-refractivity contribution in [3.8, 4) is 11.3 Å². The molecule has 6 nitrogen and oxygen atoms in total. The summed E-state index contributed by atoms with van der Waals surface area (Å²) < 4.78 is 1.62. The van der Waals surface area contributed by atoms with Crippen LogP contribution in [0.5, 0.6) is 0 Å². The lowest BCUT2D eigenvalue weighted by Crippen LogP contribution is -2.02. The maximum Gasteiger partial charge on any atom is 0.272 e. The third-order valence-corrected chi connectivity index (χ3v) is 3.49. The molecule has 0 aliphatic rings. The van der Waals surface area contributed by atoms with Crippen molar-refractivity contribution < 1.29 is 4.92 Å². The highest BCUT2D eigenvalue weighted by atomic mass is 16.6. The lowest BCUT2D eigenvalue weighted by atomic mass is 9.98. The van der Waals surface area contributed by atoms with E-state index in [2.05, 4.69) is 18.9 Å². The molecular weight excluding hydrogens is 268 g/mol. The molecule has 0 unspecified atom stereocenters. The fourth-order valence-corrected chi connectivity index (χ4v) is 2.38. The first-order valence-corrected chi connectivity index (χ1v) is 6.88. The largest absolute Gasteiger partial charge is 0.384 e. The van der Waals surface area contributed by atoms with Gasteiger partial charge in [-0.1, -0.05) is 26.0 Å². The van der Waals surface area contributed by atoms with Crippen LogP contribution in [0, 0.1) is 23.0 Å². The van der Waals surface area contributed by atoms with Gasteiger partial charge in [-0.3, -0.25) is 14.8 Å². The molecule has 1 aromatic carbocycles. The quantitative estimate of drug-likeness (QED) is 0.691. The van der Waals surface area contributed by atoms with Crippen molar-refractivity contribution in [2.24, 2.45) is 13.0 Å². The van der Waals surface area contributed by atoms with Crippen LogP contribution in [-0.2, 0) is 13.5 Å². The van der Waals surface area contributed by atoms with Gasteiger partial charge in [-0.2, -0.15) is 5.10 Å². The smallest absolute Gasteiger partial charge is 0.272 e. The lowest BCUT2D eigenvalue weighted by Gasteiger charge is -2.07. The summed E-state index contributed by atoms with van der Waals surface area (Å²) in [7, 11) is 1.78. The first kappa shape index (κ1) is 15.0. The molecule has 112 valence electrons. The van der Waals surface area contributed by atoms with Crippen LogP contribution in [0.25, 0.3) is 11.3 Å². The van der Waals surface area contributed by atoms with Crippen LogP contribution in [0.3, 0.4) is 0 Å². The molecule has 1 aromatic heterocycles. The predicted octanol–water partition coefficient (Wildman–Crippen LogP) is 3.08. The molecule has 0 amide bonds. The molecule has 2 aromatic rings. The van der Waals surface area contributed by atoms with Crippen LogP contribution < -0.4 is 5.73 Å². The summed E-state index contributed by atoms with van der Waals surface area (Å²) in [5, 5.41) is 15.5. The van der Waals surface area contributed by atoms with Gasteiger partial charge in [-0.15, -0.1) is 0 Å². The highest BCUT2D eigenvalue weighted by Crippen LogP contribution is 2.32. The summed E-state index contributed by atoms with van der Waals surface area (Å²) in [5.74, 6) is 1.04. The number of aryl methyl sites for hydroxylation is 2. The van der Waals surface area contributed by atoms with Gasteiger partial charge < -0.3 is 5.73 Å². The number of hydrogen-bond donors (Lipinski definition) is 1. The molecular formula is C15H20N4O2. The minimum Gasteiger partial charge on any atom is -0.384 e. The number of nitrogens with zero attached hydrogens (tertiary/aromatic N) is 3. The Labute approximate surface area is 123 Å². The maximum atomic E-state index is 11.1. The summed E-state index contributed by atoms with van der Waals surface area (Å²) in [6.45, 7) is 5.94. The Balaban J connectivity index is 2.59. The topological polar surface area (TPSA) is 87.0 Å². The first-order chi connectivity index (χ1) is 9.81. The highest BCUT2D eigenvalue weighted by molar-refractivity contribution is 5.71. The summed E-state index contributed by atoms with van der Waals surface area (Å²) >= 11 is 0. The molecule has 2 rings (SSSR count). The van der Waals surface area contributed by atoms with E-state index >= 15 is 0 Å². The molecule has 0 saturated heterocycles. The van der Waals surface area contributed by atoms with Gasteiger partial charge in [0.25, 0.3) is 5.69 Å². The van der Waals surface area contributed by atoms with Crippen molar-refractivity contribution >= 4 is 11.5 Å². The molecule has 2 N–H and O–H groups in total. The predicted molar refractivity (Wildman–Crippen MR) is 83.0 cm³/mol. The number of benzene rings is 1. The Hall–Kier alpha value is -2.37. The number of rotatable bonds is 4. The fourth-order valence-electron chi connectivity index (χ4n) is 2.38. The van der Waals surface area contributed by atoms with Crippen molar-refractivity contribution in [3.05, 3.63) is 39.4 Å². The number of nitrogen functional groups attached to an aromatic ring is 1. The molecule has 0 bridgehead atoms. The van der Waals surface area contributed by atoms with E-state index in [0.29, 0.717) is 17.3 Å². The second-order valence-electron chi connectivity index (χ2n) is 5.69. The zero-order valence-corrected chi connectivity index (χ0v) is 12.8. The Morgan fingerprint density at radius 2 is 2.10 bits per heavy atom. The van der Waals surface area contributed by atoms with Crippen molar-refractivity contribution in [1.29, 1.82) is 0 Å². The van der Waals surface area contributed by atoms with Gasteiger partial charge in [0.1, 0.15) is 5.82 Å². The van der Waals surface area contributed by atoms with Gasteiger partial charge in [0.05, 0.1) is 10.6 Å². The molecule has 0 radical (unpaired) electrons. The third-order valence-electron chi connectivity index (χ3n) is 3.49. The van der Waals surface area contributed by atoms with Gasteiger partial charge in [-0.05, 0) is 19.3 Å². The Bertz CT molecular complexity index is 689. The van der Waals surface area contributed by atoms with Crippen molar-refractivity contribution in [1.82, 2.24) is 9.78 Å². The molecule has 0 spiro atoms. The molecule has 1 heterocycles. The zero-order chi connectivity index (χ0) is 15.7. The monoisotopic (exact) mass is 288 g/mol. The number of anilines is 1. The van der Waals surface area contributed by atoms with Gasteiger partial charge in [0.2, 0.25) is 0 Å². The average Bonchev–Trinajstić information content (AvgIpc) is 2.67.